The van der Waals surface area contributed by atoms with Gasteiger partial charge in [0.2, 0.25) is 5.91 Å². The van der Waals surface area contributed by atoms with E-state index in [4.69, 9.17) is 4.74 Å². The van der Waals surface area contributed by atoms with E-state index in [9.17, 15) is 13.2 Å². The largest absolute Gasteiger partial charge is 0.494 e. The van der Waals surface area contributed by atoms with Crippen LogP contribution in [0.3, 0.4) is 0 Å². The van der Waals surface area contributed by atoms with E-state index in [2.05, 4.69) is 5.32 Å². The molecule has 0 aliphatic rings. The lowest BCUT2D eigenvalue weighted by atomic mass is 10.1. The van der Waals surface area contributed by atoms with Gasteiger partial charge in [-0.1, -0.05) is 35.4 Å². The van der Waals surface area contributed by atoms with Gasteiger partial charge in [0.05, 0.1) is 17.2 Å². The lowest BCUT2D eigenvalue weighted by Gasteiger charge is -2.25. The summed E-state index contributed by atoms with van der Waals surface area (Å²) >= 11 is 0. The van der Waals surface area contributed by atoms with E-state index in [1.165, 1.54) is 0 Å². The van der Waals surface area contributed by atoms with Crippen LogP contribution in [-0.4, -0.2) is 27.5 Å². The second-order valence-corrected chi connectivity index (χ2v) is 9.94. The summed E-state index contributed by atoms with van der Waals surface area (Å²) in [6, 6.07) is 17.2. The molecule has 0 heterocycles. The summed E-state index contributed by atoms with van der Waals surface area (Å²) < 4.78 is 33.7. The molecule has 174 valence electrons. The van der Waals surface area contributed by atoms with Crippen LogP contribution in [0, 0.1) is 27.7 Å². The summed E-state index contributed by atoms with van der Waals surface area (Å²) in [6.07, 6.45) is 0. The summed E-state index contributed by atoms with van der Waals surface area (Å²) in [5.74, 6) is 0.207. The van der Waals surface area contributed by atoms with Crippen molar-refractivity contribution in [1.82, 2.24) is 0 Å². The van der Waals surface area contributed by atoms with Crippen molar-refractivity contribution < 1.29 is 17.9 Å². The SMILES string of the molecule is CCOc1ccc(N(CC(=O)Nc2c(C)cc(C)cc2C)S(=O)(=O)c2ccc(C)cc2)cc1. The molecule has 0 saturated carbocycles. The van der Waals surface area contributed by atoms with Crippen molar-refractivity contribution in [3.8, 4) is 5.75 Å². The first kappa shape index (κ1) is 24.3. The minimum atomic E-state index is -3.98. The molecule has 0 fully saturated rings. The zero-order valence-electron chi connectivity index (χ0n) is 19.7. The van der Waals surface area contributed by atoms with Gasteiger partial charge in [0, 0.05) is 5.69 Å². The molecule has 7 heteroatoms. The molecule has 0 aliphatic carbocycles. The number of hydrogen-bond acceptors (Lipinski definition) is 4. The summed E-state index contributed by atoms with van der Waals surface area (Å²) in [6.45, 7) is 9.74. The molecule has 0 aromatic heterocycles. The lowest BCUT2D eigenvalue weighted by molar-refractivity contribution is -0.114. The van der Waals surface area contributed by atoms with Gasteiger partial charge in [0.1, 0.15) is 12.3 Å². The van der Waals surface area contributed by atoms with Crippen LogP contribution in [0.15, 0.2) is 65.6 Å². The maximum Gasteiger partial charge on any atom is 0.264 e. The molecule has 0 unspecified atom stereocenters. The summed E-state index contributed by atoms with van der Waals surface area (Å²) in [4.78, 5) is 13.2. The number of sulfonamides is 1. The van der Waals surface area contributed by atoms with Gasteiger partial charge < -0.3 is 10.1 Å². The highest BCUT2D eigenvalue weighted by molar-refractivity contribution is 7.92. The highest BCUT2D eigenvalue weighted by atomic mass is 32.2. The predicted molar refractivity (Wildman–Crippen MR) is 133 cm³/mol. The van der Waals surface area contributed by atoms with Crippen molar-refractivity contribution in [2.24, 2.45) is 0 Å². The van der Waals surface area contributed by atoms with Crippen molar-refractivity contribution in [2.45, 2.75) is 39.5 Å². The zero-order chi connectivity index (χ0) is 24.2. The van der Waals surface area contributed by atoms with E-state index in [1.807, 2.05) is 46.8 Å². The van der Waals surface area contributed by atoms with E-state index in [1.54, 1.807) is 48.5 Å². The van der Waals surface area contributed by atoms with Gasteiger partial charge in [0.25, 0.3) is 10.0 Å². The van der Waals surface area contributed by atoms with Gasteiger partial charge in [-0.05, 0) is 82.1 Å². The predicted octanol–water partition coefficient (Wildman–Crippen LogP) is 5.15. The molecule has 0 spiro atoms. The number of anilines is 2. The molecule has 0 atom stereocenters. The van der Waals surface area contributed by atoms with Crippen LogP contribution in [-0.2, 0) is 14.8 Å². The minimum absolute atomic E-state index is 0.123. The van der Waals surface area contributed by atoms with Gasteiger partial charge in [-0.15, -0.1) is 0 Å². The molecule has 0 bridgehead atoms. The fourth-order valence-electron chi connectivity index (χ4n) is 3.71. The van der Waals surface area contributed by atoms with Crippen molar-refractivity contribution >= 4 is 27.3 Å². The lowest BCUT2D eigenvalue weighted by Crippen LogP contribution is -2.38. The molecular weight excluding hydrogens is 436 g/mol. The van der Waals surface area contributed by atoms with Crippen LogP contribution in [0.5, 0.6) is 5.75 Å². The first-order chi connectivity index (χ1) is 15.6. The Morgan fingerprint density at radius 2 is 1.45 bits per heavy atom. The molecule has 3 rings (SSSR count). The first-order valence-corrected chi connectivity index (χ1v) is 12.3. The van der Waals surface area contributed by atoms with Gasteiger partial charge in [0.15, 0.2) is 0 Å². The molecule has 0 radical (unpaired) electrons. The Balaban J connectivity index is 1.96. The maximum atomic E-state index is 13.5. The summed E-state index contributed by atoms with van der Waals surface area (Å²) in [5, 5.41) is 2.90. The fourth-order valence-corrected chi connectivity index (χ4v) is 5.14. The number of amides is 1. The number of nitrogens with one attached hydrogen (secondary N) is 1. The second kappa shape index (κ2) is 10.1. The summed E-state index contributed by atoms with van der Waals surface area (Å²) in [5.41, 5.74) is 4.98. The molecule has 3 aromatic rings. The quantitative estimate of drug-likeness (QED) is 0.498. The second-order valence-electron chi connectivity index (χ2n) is 8.07. The molecule has 0 aliphatic heterocycles. The van der Waals surface area contributed by atoms with E-state index in [0.29, 0.717) is 23.7 Å². The highest BCUT2D eigenvalue weighted by Gasteiger charge is 2.27. The monoisotopic (exact) mass is 466 g/mol. The number of rotatable bonds is 8. The summed E-state index contributed by atoms with van der Waals surface area (Å²) in [7, 11) is -3.98. The number of carbonyl (C=O) groups excluding carboxylic acids is 1. The highest BCUT2D eigenvalue weighted by Crippen LogP contribution is 2.27. The van der Waals surface area contributed by atoms with Crippen LogP contribution in [0.1, 0.15) is 29.2 Å². The molecule has 6 nitrogen and oxygen atoms in total. The average molecular weight is 467 g/mol. The number of benzene rings is 3. The van der Waals surface area contributed by atoms with E-state index in [-0.39, 0.29) is 11.4 Å². The maximum absolute atomic E-state index is 13.5. The molecule has 1 amide bonds. The number of aryl methyl sites for hydroxylation is 4. The van der Waals surface area contributed by atoms with Crippen molar-refractivity contribution in [1.29, 1.82) is 0 Å². The Morgan fingerprint density at radius 1 is 0.879 bits per heavy atom. The molecule has 1 N–H and O–H groups in total. The Morgan fingerprint density at radius 3 is 2.00 bits per heavy atom. The van der Waals surface area contributed by atoms with Crippen molar-refractivity contribution in [2.75, 3.05) is 22.8 Å². The first-order valence-electron chi connectivity index (χ1n) is 10.8. The normalized spacial score (nSPS) is 11.2. The third-order valence-electron chi connectivity index (χ3n) is 5.27. The van der Waals surface area contributed by atoms with Crippen LogP contribution in [0.2, 0.25) is 0 Å². The van der Waals surface area contributed by atoms with E-state index in [0.717, 1.165) is 26.6 Å². The van der Waals surface area contributed by atoms with Gasteiger partial charge in [-0.25, -0.2) is 8.42 Å². The third kappa shape index (κ3) is 5.73. The van der Waals surface area contributed by atoms with Crippen molar-refractivity contribution in [3.05, 3.63) is 82.9 Å². The van der Waals surface area contributed by atoms with Gasteiger partial charge >= 0.3 is 0 Å². The zero-order valence-corrected chi connectivity index (χ0v) is 20.5. The number of hydrogen-bond donors (Lipinski definition) is 1. The Labute approximate surface area is 196 Å². The van der Waals surface area contributed by atoms with Crippen LogP contribution < -0.4 is 14.4 Å². The number of ether oxygens (including phenoxy) is 1. The molecule has 0 saturated heterocycles. The Hall–Kier alpha value is -3.32. The van der Waals surface area contributed by atoms with Crippen molar-refractivity contribution in [3.63, 3.8) is 0 Å². The molecule has 33 heavy (non-hydrogen) atoms. The number of carbonyl (C=O) groups is 1. The standard InChI is InChI=1S/C26H30N2O4S/c1-6-32-23-11-9-22(10-12-23)28(33(30,31)24-13-7-18(2)8-14-24)17-25(29)27-26-20(4)15-19(3)16-21(26)5/h7-16H,6,17H2,1-5H3,(H,27,29). The van der Waals surface area contributed by atoms with Gasteiger partial charge in [-0.2, -0.15) is 0 Å². The van der Waals surface area contributed by atoms with Crippen LogP contribution in [0.25, 0.3) is 0 Å². The Kier molecular flexibility index (Phi) is 7.43. The minimum Gasteiger partial charge on any atom is -0.494 e. The molecular formula is C26H30N2O4S. The van der Waals surface area contributed by atoms with Crippen LogP contribution in [0.4, 0.5) is 11.4 Å². The third-order valence-corrected chi connectivity index (χ3v) is 7.06. The number of nitrogens with zero attached hydrogens (tertiary/aromatic N) is 1. The topological polar surface area (TPSA) is 75.7 Å². The van der Waals surface area contributed by atoms with E-state index >= 15 is 0 Å². The molecule has 3 aromatic carbocycles. The Bertz CT molecular complexity index is 1210. The smallest absolute Gasteiger partial charge is 0.264 e. The van der Waals surface area contributed by atoms with Crippen LogP contribution >= 0.6 is 0 Å². The van der Waals surface area contributed by atoms with E-state index < -0.39 is 15.9 Å². The fraction of sp³-hybridized carbons (Fsp3) is 0.269. The van der Waals surface area contributed by atoms with Gasteiger partial charge in [-0.3, -0.25) is 9.10 Å². The average Bonchev–Trinajstić information content (AvgIpc) is 2.76.